The van der Waals surface area contributed by atoms with E-state index in [9.17, 15) is 9.59 Å². The number of carbonyl (C=O) groups excluding carboxylic acids is 1. The summed E-state index contributed by atoms with van der Waals surface area (Å²) in [5, 5.41) is 11.4. The van der Waals surface area contributed by atoms with Crippen molar-refractivity contribution in [3.63, 3.8) is 0 Å². The average molecular weight is 265 g/mol. The summed E-state index contributed by atoms with van der Waals surface area (Å²) in [7, 11) is 0. The molecule has 0 saturated carbocycles. The number of carbonyl (C=O) groups is 2. The SMILES string of the molecule is CCOCC(NC(=O)CCc1ccccc1)C(=O)O. The van der Waals surface area contributed by atoms with E-state index in [4.69, 9.17) is 9.84 Å². The van der Waals surface area contributed by atoms with E-state index in [1.165, 1.54) is 0 Å². The minimum Gasteiger partial charge on any atom is -0.480 e. The predicted molar refractivity (Wildman–Crippen MR) is 70.8 cm³/mol. The fraction of sp³-hybridized carbons (Fsp3) is 0.429. The van der Waals surface area contributed by atoms with E-state index in [-0.39, 0.29) is 18.9 Å². The van der Waals surface area contributed by atoms with Crippen LogP contribution >= 0.6 is 0 Å². The first-order chi connectivity index (χ1) is 9.13. The van der Waals surface area contributed by atoms with Crippen molar-refractivity contribution in [2.24, 2.45) is 0 Å². The summed E-state index contributed by atoms with van der Waals surface area (Å²) in [5.74, 6) is -1.36. The molecule has 1 aromatic carbocycles. The lowest BCUT2D eigenvalue weighted by molar-refractivity contribution is -0.143. The van der Waals surface area contributed by atoms with Crippen LogP contribution in [0.4, 0.5) is 0 Å². The van der Waals surface area contributed by atoms with Crippen LogP contribution in [0.3, 0.4) is 0 Å². The number of amides is 1. The maximum Gasteiger partial charge on any atom is 0.328 e. The molecule has 0 spiro atoms. The highest BCUT2D eigenvalue weighted by Gasteiger charge is 2.19. The molecule has 1 rings (SSSR count). The highest BCUT2D eigenvalue weighted by atomic mass is 16.5. The number of hydrogen-bond acceptors (Lipinski definition) is 3. The first kappa shape index (κ1) is 15.2. The van der Waals surface area contributed by atoms with Gasteiger partial charge in [0.05, 0.1) is 6.61 Å². The molecule has 1 aromatic rings. The van der Waals surface area contributed by atoms with Gasteiger partial charge in [-0.15, -0.1) is 0 Å². The first-order valence-corrected chi connectivity index (χ1v) is 6.27. The molecule has 0 aliphatic carbocycles. The van der Waals surface area contributed by atoms with Gasteiger partial charge in [0.2, 0.25) is 5.91 Å². The molecule has 5 heteroatoms. The number of carboxylic acids is 1. The molecule has 1 unspecified atom stereocenters. The largest absolute Gasteiger partial charge is 0.480 e. The summed E-state index contributed by atoms with van der Waals surface area (Å²) in [6.45, 7) is 2.18. The van der Waals surface area contributed by atoms with Crippen molar-refractivity contribution < 1.29 is 19.4 Å². The van der Waals surface area contributed by atoms with E-state index < -0.39 is 12.0 Å². The summed E-state index contributed by atoms with van der Waals surface area (Å²) < 4.78 is 5.03. The van der Waals surface area contributed by atoms with E-state index in [1.807, 2.05) is 30.3 Å². The third kappa shape index (κ3) is 6.01. The lowest BCUT2D eigenvalue weighted by Gasteiger charge is -2.14. The quantitative estimate of drug-likeness (QED) is 0.741. The lowest BCUT2D eigenvalue weighted by atomic mass is 10.1. The Morgan fingerprint density at radius 3 is 2.58 bits per heavy atom. The van der Waals surface area contributed by atoms with Gasteiger partial charge in [0.25, 0.3) is 0 Å². The van der Waals surface area contributed by atoms with Crippen LogP contribution < -0.4 is 5.32 Å². The Labute approximate surface area is 112 Å². The summed E-state index contributed by atoms with van der Waals surface area (Å²) in [6.07, 6.45) is 0.855. The first-order valence-electron chi connectivity index (χ1n) is 6.27. The van der Waals surface area contributed by atoms with Gasteiger partial charge < -0.3 is 15.2 Å². The Balaban J connectivity index is 2.38. The molecule has 19 heavy (non-hydrogen) atoms. The maximum absolute atomic E-state index is 11.7. The van der Waals surface area contributed by atoms with Crippen LogP contribution in [0.2, 0.25) is 0 Å². The number of nitrogens with one attached hydrogen (secondary N) is 1. The van der Waals surface area contributed by atoms with Crippen LogP contribution in [-0.4, -0.2) is 36.2 Å². The van der Waals surface area contributed by atoms with Gasteiger partial charge >= 0.3 is 5.97 Å². The van der Waals surface area contributed by atoms with Crippen molar-refractivity contribution in [2.45, 2.75) is 25.8 Å². The summed E-state index contributed by atoms with van der Waals surface area (Å²) in [5.41, 5.74) is 1.05. The molecule has 0 aliphatic heterocycles. The van der Waals surface area contributed by atoms with E-state index in [0.717, 1.165) is 5.56 Å². The molecule has 0 bridgehead atoms. The second-order valence-corrected chi connectivity index (χ2v) is 4.10. The Kier molecular flexibility index (Phi) is 6.60. The van der Waals surface area contributed by atoms with Crippen LogP contribution in [0, 0.1) is 0 Å². The number of carboxylic acid groups (broad SMARTS) is 1. The van der Waals surface area contributed by atoms with Crippen molar-refractivity contribution >= 4 is 11.9 Å². The third-order valence-electron chi connectivity index (χ3n) is 2.61. The van der Waals surface area contributed by atoms with Crippen LogP contribution in [0.15, 0.2) is 30.3 Å². The van der Waals surface area contributed by atoms with Gasteiger partial charge in [-0.3, -0.25) is 4.79 Å². The van der Waals surface area contributed by atoms with E-state index in [2.05, 4.69) is 5.32 Å². The standard InChI is InChI=1S/C14H19NO4/c1-2-19-10-12(14(17)18)15-13(16)9-8-11-6-4-3-5-7-11/h3-7,12H,2,8-10H2,1H3,(H,15,16)(H,17,18). The van der Waals surface area contributed by atoms with Gasteiger partial charge in [-0.2, -0.15) is 0 Å². The number of benzene rings is 1. The van der Waals surface area contributed by atoms with Crippen LogP contribution in [0.25, 0.3) is 0 Å². The zero-order valence-corrected chi connectivity index (χ0v) is 11.0. The van der Waals surface area contributed by atoms with Gasteiger partial charge in [-0.25, -0.2) is 4.79 Å². The number of aliphatic carboxylic acids is 1. The van der Waals surface area contributed by atoms with Crippen LogP contribution in [-0.2, 0) is 20.7 Å². The molecule has 0 radical (unpaired) electrons. The number of ether oxygens (including phenoxy) is 1. The van der Waals surface area contributed by atoms with Crippen LogP contribution in [0.5, 0.6) is 0 Å². The Hall–Kier alpha value is -1.88. The maximum atomic E-state index is 11.7. The van der Waals surface area contributed by atoms with Crippen molar-refractivity contribution in [1.29, 1.82) is 0 Å². The Morgan fingerprint density at radius 2 is 2.00 bits per heavy atom. The molecule has 0 fully saturated rings. The van der Waals surface area contributed by atoms with E-state index in [0.29, 0.717) is 13.0 Å². The molecule has 1 amide bonds. The van der Waals surface area contributed by atoms with Gasteiger partial charge in [-0.1, -0.05) is 30.3 Å². The number of rotatable bonds is 8. The second kappa shape index (κ2) is 8.26. The van der Waals surface area contributed by atoms with E-state index in [1.54, 1.807) is 6.92 Å². The Bertz CT molecular complexity index is 405. The van der Waals surface area contributed by atoms with Crippen molar-refractivity contribution in [1.82, 2.24) is 5.32 Å². The minimum atomic E-state index is -1.08. The van der Waals surface area contributed by atoms with Crippen molar-refractivity contribution in [3.8, 4) is 0 Å². The molecular weight excluding hydrogens is 246 g/mol. The van der Waals surface area contributed by atoms with Crippen LogP contribution in [0.1, 0.15) is 18.9 Å². The Morgan fingerprint density at radius 1 is 1.32 bits per heavy atom. The predicted octanol–water partition coefficient (Wildman–Crippen LogP) is 1.23. The monoisotopic (exact) mass is 265 g/mol. The van der Waals surface area contributed by atoms with Crippen molar-refractivity contribution in [2.75, 3.05) is 13.2 Å². The third-order valence-corrected chi connectivity index (χ3v) is 2.61. The smallest absolute Gasteiger partial charge is 0.328 e. The normalized spacial score (nSPS) is 11.8. The average Bonchev–Trinajstić information content (AvgIpc) is 2.42. The van der Waals surface area contributed by atoms with Gasteiger partial charge in [0, 0.05) is 13.0 Å². The summed E-state index contributed by atoms with van der Waals surface area (Å²) in [6, 6.07) is 8.60. The molecule has 0 aromatic heterocycles. The minimum absolute atomic E-state index is 0.0110. The van der Waals surface area contributed by atoms with E-state index >= 15 is 0 Å². The molecule has 104 valence electrons. The van der Waals surface area contributed by atoms with Gasteiger partial charge in [-0.05, 0) is 18.9 Å². The van der Waals surface area contributed by atoms with Gasteiger partial charge in [0.15, 0.2) is 6.04 Å². The topological polar surface area (TPSA) is 75.6 Å². The molecule has 0 aliphatic rings. The number of hydrogen-bond donors (Lipinski definition) is 2. The zero-order chi connectivity index (χ0) is 14.1. The highest BCUT2D eigenvalue weighted by molar-refractivity contribution is 5.83. The highest BCUT2D eigenvalue weighted by Crippen LogP contribution is 2.02. The zero-order valence-electron chi connectivity index (χ0n) is 11.0. The molecule has 0 saturated heterocycles. The fourth-order valence-corrected chi connectivity index (χ4v) is 1.58. The summed E-state index contributed by atoms with van der Waals surface area (Å²) in [4.78, 5) is 22.6. The fourth-order valence-electron chi connectivity index (χ4n) is 1.58. The second-order valence-electron chi connectivity index (χ2n) is 4.10. The number of aryl methyl sites for hydroxylation is 1. The molecule has 2 N–H and O–H groups in total. The molecule has 0 heterocycles. The van der Waals surface area contributed by atoms with Gasteiger partial charge in [0.1, 0.15) is 0 Å². The molecule has 1 atom stereocenters. The molecular formula is C14H19NO4. The lowest BCUT2D eigenvalue weighted by Crippen LogP contribution is -2.44. The molecule has 5 nitrogen and oxygen atoms in total. The summed E-state index contributed by atoms with van der Waals surface area (Å²) >= 11 is 0. The van der Waals surface area contributed by atoms with Crippen molar-refractivity contribution in [3.05, 3.63) is 35.9 Å².